The Labute approximate surface area is 132 Å². The van der Waals surface area contributed by atoms with E-state index in [0.717, 1.165) is 24.2 Å². The van der Waals surface area contributed by atoms with Gasteiger partial charge in [0.15, 0.2) is 0 Å². The van der Waals surface area contributed by atoms with Gasteiger partial charge >= 0.3 is 0 Å². The summed E-state index contributed by atoms with van der Waals surface area (Å²) in [6, 6.07) is 3.11. The molecule has 1 aliphatic heterocycles. The SMILES string of the molecule is Cc1nc(Cl)cc(NC2CCCN(C3CCCCC3)C2)n1. The number of rotatable bonds is 3. The molecule has 0 spiro atoms. The van der Waals surface area contributed by atoms with Gasteiger partial charge in [0.05, 0.1) is 0 Å². The van der Waals surface area contributed by atoms with Gasteiger partial charge in [-0.05, 0) is 39.2 Å². The number of nitrogens with zero attached hydrogens (tertiary/aromatic N) is 3. The average molecular weight is 309 g/mol. The first-order valence-corrected chi connectivity index (χ1v) is 8.60. The number of likely N-dealkylation sites (tertiary alicyclic amines) is 1. The summed E-state index contributed by atoms with van der Waals surface area (Å²) in [5.41, 5.74) is 0. The largest absolute Gasteiger partial charge is 0.366 e. The highest BCUT2D eigenvalue weighted by molar-refractivity contribution is 6.29. The molecule has 1 aromatic heterocycles. The van der Waals surface area contributed by atoms with Gasteiger partial charge in [0.1, 0.15) is 16.8 Å². The summed E-state index contributed by atoms with van der Waals surface area (Å²) in [6.45, 7) is 4.27. The Kier molecular flexibility index (Phi) is 4.96. The van der Waals surface area contributed by atoms with Crippen molar-refractivity contribution < 1.29 is 0 Å². The summed E-state index contributed by atoms with van der Waals surface area (Å²) >= 11 is 6.02. The highest BCUT2D eigenvalue weighted by atomic mass is 35.5. The monoisotopic (exact) mass is 308 g/mol. The minimum atomic E-state index is 0.478. The first-order valence-electron chi connectivity index (χ1n) is 8.22. The molecule has 0 bridgehead atoms. The molecule has 5 heteroatoms. The predicted molar refractivity (Wildman–Crippen MR) is 86.9 cm³/mol. The van der Waals surface area contributed by atoms with Crippen LogP contribution in [0.3, 0.4) is 0 Å². The molecule has 4 nitrogen and oxygen atoms in total. The maximum atomic E-state index is 6.02. The summed E-state index contributed by atoms with van der Waals surface area (Å²) < 4.78 is 0. The molecule has 0 radical (unpaired) electrons. The van der Waals surface area contributed by atoms with E-state index in [9.17, 15) is 0 Å². The lowest BCUT2D eigenvalue weighted by atomic mass is 9.92. The van der Waals surface area contributed by atoms with Crippen molar-refractivity contribution in [2.75, 3.05) is 18.4 Å². The van der Waals surface area contributed by atoms with Crippen LogP contribution in [-0.4, -0.2) is 40.0 Å². The smallest absolute Gasteiger partial charge is 0.134 e. The molecule has 1 unspecified atom stereocenters. The van der Waals surface area contributed by atoms with Crippen molar-refractivity contribution in [2.24, 2.45) is 0 Å². The van der Waals surface area contributed by atoms with Crippen molar-refractivity contribution >= 4 is 17.4 Å². The van der Waals surface area contributed by atoms with Crippen LogP contribution in [0.15, 0.2) is 6.07 Å². The van der Waals surface area contributed by atoms with E-state index in [2.05, 4.69) is 20.2 Å². The van der Waals surface area contributed by atoms with Crippen molar-refractivity contribution in [3.63, 3.8) is 0 Å². The number of nitrogens with one attached hydrogen (secondary N) is 1. The van der Waals surface area contributed by atoms with Crippen LogP contribution in [0.4, 0.5) is 5.82 Å². The van der Waals surface area contributed by atoms with Crippen molar-refractivity contribution in [1.29, 1.82) is 0 Å². The fourth-order valence-corrected chi connectivity index (χ4v) is 3.94. The van der Waals surface area contributed by atoms with E-state index in [4.69, 9.17) is 11.6 Å². The predicted octanol–water partition coefficient (Wildman–Crippen LogP) is 3.65. The molecule has 1 atom stereocenters. The third-order valence-corrected chi connectivity index (χ3v) is 4.90. The molecular formula is C16H25ClN4. The molecule has 3 rings (SSSR count). The van der Waals surface area contributed by atoms with Crippen molar-refractivity contribution in [3.8, 4) is 0 Å². The molecule has 1 aromatic rings. The molecule has 1 saturated heterocycles. The molecule has 2 aliphatic rings. The van der Waals surface area contributed by atoms with E-state index in [0.29, 0.717) is 11.2 Å². The minimum Gasteiger partial charge on any atom is -0.366 e. The number of aromatic nitrogens is 2. The highest BCUT2D eigenvalue weighted by Gasteiger charge is 2.27. The van der Waals surface area contributed by atoms with Crippen molar-refractivity contribution in [3.05, 3.63) is 17.0 Å². The van der Waals surface area contributed by atoms with Crippen LogP contribution in [0, 0.1) is 6.92 Å². The quantitative estimate of drug-likeness (QED) is 0.865. The van der Waals surface area contributed by atoms with Crippen molar-refractivity contribution in [1.82, 2.24) is 14.9 Å². The van der Waals surface area contributed by atoms with Gasteiger partial charge in [-0.1, -0.05) is 30.9 Å². The molecule has 116 valence electrons. The fourth-order valence-electron chi connectivity index (χ4n) is 3.72. The van der Waals surface area contributed by atoms with Gasteiger partial charge in [-0.3, -0.25) is 4.90 Å². The van der Waals surface area contributed by atoms with E-state index in [1.165, 1.54) is 51.5 Å². The molecule has 21 heavy (non-hydrogen) atoms. The summed E-state index contributed by atoms with van der Waals surface area (Å²) in [5.74, 6) is 1.59. The van der Waals surface area contributed by atoms with Crippen molar-refractivity contribution in [2.45, 2.75) is 64.0 Å². The van der Waals surface area contributed by atoms with E-state index in [1.54, 1.807) is 0 Å². The molecular weight excluding hydrogens is 284 g/mol. The normalized spacial score (nSPS) is 25.0. The van der Waals surface area contributed by atoms with Gasteiger partial charge in [-0.25, -0.2) is 9.97 Å². The average Bonchev–Trinajstić information content (AvgIpc) is 2.47. The van der Waals surface area contributed by atoms with Crippen LogP contribution >= 0.6 is 11.6 Å². The molecule has 1 saturated carbocycles. The zero-order chi connectivity index (χ0) is 14.7. The summed E-state index contributed by atoms with van der Waals surface area (Å²) in [5, 5.41) is 4.07. The Morgan fingerprint density at radius 3 is 2.71 bits per heavy atom. The fraction of sp³-hybridized carbons (Fsp3) is 0.750. The first kappa shape index (κ1) is 15.0. The van der Waals surface area contributed by atoms with Crippen LogP contribution in [0.25, 0.3) is 0 Å². The van der Waals surface area contributed by atoms with E-state index >= 15 is 0 Å². The maximum absolute atomic E-state index is 6.02. The molecule has 2 fully saturated rings. The zero-order valence-electron chi connectivity index (χ0n) is 12.8. The lowest BCUT2D eigenvalue weighted by molar-refractivity contribution is 0.124. The topological polar surface area (TPSA) is 41.1 Å². The molecule has 0 amide bonds. The second-order valence-corrected chi connectivity index (χ2v) is 6.78. The number of hydrogen-bond acceptors (Lipinski definition) is 4. The molecule has 1 aliphatic carbocycles. The zero-order valence-corrected chi connectivity index (χ0v) is 13.6. The van der Waals surface area contributed by atoms with Crippen LogP contribution < -0.4 is 5.32 Å². The summed E-state index contributed by atoms with van der Waals surface area (Å²) in [7, 11) is 0. The lowest BCUT2D eigenvalue weighted by Gasteiger charge is -2.40. The molecule has 0 aromatic carbocycles. The van der Waals surface area contributed by atoms with E-state index in [1.807, 2.05) is 13.0 Å². The third-order valence-electron chi connectivity index (χ3n) is 4.70. The van der Waals surface area contributed by atoms with Crippen LogP contribution in [0.2, 0.25) is 5.15 Å². The second-order valence-electron chi connectivity index (χ2n) is 6.39. The summed E-state index contributed by atoms with van der Waals surface area (Å²) in [6.07, 6.45) is 9.47. The van der Waals surface area contributed by atoms with Gasteiger partial charge in [-0.15, -0.1) is 0 Å². The van der Waals surface area contributed by atoms with Crippen LogP contribution in [0.5, 0.6) is 0 Å². The Bertz CT molecular complexity index is 453. The van der Waals surface area contributed by atoms with E-state index in [-0.39, 0.29) is 0 Å². The lowest BCUT2D eigenvalue weighted by Crippen LogP contribution is -2.47. The van der Waals surface area contributed by atoms with Crippen LogP contribution in [-0.2, 0) is 0 Å². The number of aryl methyl sites for hydroxylation is 1. The number of halogens is 1. The summed E-state index contributed by atoms with van der Waals surface area (Å²) in [4.78, 5) is 11.3. The number of piperidine rings is 1. The molecule has 2 heterocycles. The Morgan fingerprint density at radius 1 is 1.14 bits per heavy atom. The third kappa shape index (κ3) is 4.07. The molecule has 1 N–H and O–H groups in total. The van der Waals surface area contributed by atoms with E-state index < -0.39 is 0 Å². The first-order chi connectivity index (χ1) is 10.2. The Morgan fingerprint density at radius 2 is 1.95 bits per heavy atom. The number of hydrogen-bond donors (Lipinski definition) is 1. The highest BCUT2D eigenvalue weighted by Crippen LogP contribution is 2.26. The van der Waals surface area contributed by atoms with Gasteiger partial charge in [0, 0.05) is 24.7 Å². The van der Waals surface area contributed by atoms with Gasteiger partial charge < -0.3 is 5.32 Å². The maximum Gasteiger partial charge on any atom is 0.134 e. The standard InChI is InChI=1S/C16H25ClN4/c1-12-18-15(17)10-16(19-12)20-13-6-5-9-21(11-13)14-7-3-2-4-8-14/h10,13-14H,2-9,11H2,1H3,(H,18,19,20). The Hall–Kier alpha value is -0.870. The minimum absolute atomic E-state index is 0.478. The van der Waals surface area contributed by atoms with Gasteiger partial charge in [0.25, 0.3) is 0 Å². The van der Waals surface area contributed by atoms with Gasteiger partial charge in [-0.2, -0.15) is 0 Å². The Balaban J connectivity index is 1.60. The van der Waals surface area contributed by atoms with Gasteiger partial charge in [0.2, 0.25) is 0 Å². The second kappa shape index (κ2) is 6.93. The number of anilines is 1. The van der Waals surface area contributed by atoms with Crippen LogP contribution in [0.1, 0.15) is 50.8 Å².